The summed E-state index contributed by atoms with van der Waals surface area (Å²) in [7, 11) is 0. The van der Waals surface area contributed by atoms with Gasteiger partial charge in [-0.2, -0.15) is 0 Å². The summed E-state index contributed by atoms with van der Waals surface area (Å²) in [5.41, 5.74) is 4.06. The molecule has 2 aliphatic rings. The van der Waals surface area contributed by atoms with Crippen LogP contribution in [-0.2, 0) is 4.79 Å². The van der Waals surface area contributed by atoms with E-state index in [0.29, 0.717) is 11.7 Å². The lowest BCUT2D eigenvalue weighted by atomic mass is 9.66. The van der Waals surface area contributed by atoms with Crippen LogP contribution in [0.1, 0.15) is 53.4 Å². The van der Waals surface area contributed by atoms with Crippen LogP contribution >= 0.6 is 0 Å². The molecular weight excluding hydrogens is 196 g/mol. The van der Waals surface area contributed by atoms with Gasteiger partial charge in [0.1, 0.15) is 0 Å². The van der Waals surface area contributed by atoms with E-state index < -0.39 is 0 Å². The topological polar surface area (TPSA) is 17.1 Å². The fourth-order valence-electron chi connectivity index (χ4n) is 3.53. The second-order valence-corrected chi connectivity index (χ2v) is 5.81. The van der Waals surface area contributed by atoms with Crippen LogP contribution in [0.5, 0.6) is 0 Å². The van der Waals surface area contributed by atoms with Crippen LogP contribution < -0.4 is 0 Å². The molecule has 1 heteroatoms. The molecule has 0 aromatic rings. The summed E-state index contributed by atoms with van der Waals surface area (Å²) < 4.78 is 0. The number of Topliss-reactive ketones (excluding diaryl/α,β-unsaturated/α-hetero) is 1. The van der Waals surface area contributed by atoms with Crippen LogP contribution in [0.15, 0.2) is 22.8 Å². The Morgan fingerprint density at radius 2 is 2.12 bits per heavy atom. The lowest BCUT2D eigenvalue weighted by Crippen LogP contribution is -2.28. The van der Waals surface area contributed by atoms with Crippen molar-refractivity contribution in [1.29, 1.82) is 0 Å². The normalized spacial score (nSPS) is 34.5. The van der Waals surface area contributed by atoms with Crippen LogP contribution in [0.2, 0.25) is 0 Å². The molecular formula is C15H22O. The third-order valence-corrected chi connectivity index (χ3v) is 4.49. The Morgan fingerprint density at radius 1 is 1.44 bits per heavy atom. The number of allylic oxidation sites excluding steroid dienone is 4. The van der Waals surface area contributed by atoms with Gasteiger partial charge in [0.25, 0.3) is 0 Å². The van der Waals surface area contributed by atoms with E-state index in [9.17, 15) is 4.79 Å². The van der Waals surface area contributed by atoms with Crippen molar-refractivity contribution in [1.82, 2.24) is 0 Å². The van der Waals surface area contributed by atoms with Gasteiger partial charge in [-0.25, -0.2) is 0 Å². The Hall–Kier alpha value is -0.850. The molecule has 0 N–H and O–H groups in total. The Morgan fingerprint density at radius 3 is 2.62 bits per heavy atom. The van der Waals surface area contributed by atoms with E-state index in [1.807, 2.05) is 0 Å². The molecule has 1 fully saturated rings. The Bertz CT molecular complexity index is 382. The number of rotatable bonds is 0. The average Bonchev–Trinajstić information content (AvgIpc) is 2.43. The van der Waals surface area contributed by atoms with E-state index in [1.54, 1.807) is 0 Å². The van der Waals surface area contributed by atoms with Gasteiger partial charge in [0.15, 0.2) is 5.78 Å². The molecule has 88 valence electrons. The van der Waals surface area contributed by atoms with E-state index in [4.69, 9.17) is 0 Å². The number of hydrogen-bond acceptors (Lipinski definition) is 1. The van der Waals surface area contributed by atoms with Gasteiger partial charge in [-0.3, -0.25) is 4.79 Å². The van der Waals surface area contributed by atoms with Gasteiger partial charge in [-0.05, 0) is 46.0 Å². The standard InChI is InChI=1S/C15H22O/c1-10(2)14-13(16)9-12(4)15(14)7-5-11(3)6-8-15/h5,12H,6-9H2,1-4H3. The summed E-state index contributed by atoms with van der Waals surface area (Å²) in [6.45, 7) is 8.65. The maximum absolute atomic E-state index is 12.1. The Labute approximate surface area is 98.6 Å². The first-order chi connectivity index (χ1) is 7.47. The molecule has 0 aliphatic heterocycles. The largest absolute Gasteiger partial charge is 0.295 e. The first-order valence-corrected chi connectivity index (χ1v) is 6.34. The molecule has 2 atom stereocenters. The molecule has 1 nitrogen and oxygen atoms in total. The highest BCUT2D eigenvalue weighted by atomic mass is 16.1. The molecule has 2 unspecified atom stereocenters. The van der Waals surface area contributed by atoms with Gasteiger partial charge in [-0.1, -0.05) is 24.1 Å². The highest BCUT2D eigenvalue weighted by molar-refractivity contribution is 6.00. The molecule has 16 heavy (non-hydrogen) atoms. The number of ketones is 1. The smallest absolute Gasteiger partial charge is 0.159 e. The molecule has 0 amide bonds. The van der Waals surface area contributed by atoms with Gasteiger partial charge in [0.05, 0.1) is 0 Å². The SMILES string of the molecule is CC1=CCC2(CC1)C(=C(C)C)C(=O)CC2C. The van der Waals surface area contributed by atoms with Crippen LogP contribution in [0, 0.1) is 11.3 Å². The Kier molecular flexibility index (Phi) is 2.81. The fraction of sp³-hybridized carbons (Fsp3) is 0.667. The van der Waals surface area contributed by atoms with Crippen molar-refractivity contribution in [2.75, 3.05) is 0 Å². The highest BCUT2D eigenvalue weighted by Gasteiger charge is 2.48. The second kappa shape index (κ2) is 3.87. The predicted octanol–water partition coefficient (Wildman–Crippen LogP) is 4.05. The first kappa shape index (κ1) is 11.6. The fourth-order valence-corrected chi connectivity index (χ4v) is 3.53. The molecule has 0 radical (unpaired) electrons. The van der Waals surface area contributed by atoms with E-state index in [1.165, 1.54) is 17.6 Å². The minimum Gasteiger partial charge on any atom is -0.295 e. The number of carbonyl (C=O) groups is 1. The molecule has 2 aliphatic carbocycles. The van der Waals surface area contributed by atoms with Crippen molar-refractivity contribution in [2.45, 2.75) is 53.4 Å². The molecule has 0 heterocycles. The zero-order valence-corrected chi connectivity index (χ0v) is 10.9. The molecule has 2 rings (SSSR count). The summed E-state index contributed by atoms with van der Waals surface area (Å²) in [6, 6.07) is 0. The van der Waals surface area contributed by atoms with Crippen molar-refractivity contribution in [3.63, 3.8) is 0 Å². The van der Waals surface area contributed by atoms with Crippen LogP contribution in [0.25, 0.3) is 0 Å². The molecule has 1 spiro atoms. The van der Waals surface area contributed by atoms with Crippen molar-refractivity contribution in [3.8, 4) is 0 Å². The van der Waals surface area contributed by atoms with E-state index in [0.717, 1.165) is 24.8 Å². The summed E-state index contributed by atoms with van der Waals surface area (Å²) in [5.74, 6) is 0.926. The molecule has 0 saturated heterocycles. The van der Waals surface area contributed by atoms with Crippen molar-refractivity contribution < 1.29 is 4.79 Å². The van der Waals surface area contributed by atoms with Crippen molar-refractivity contribution >= 4 is 5.78 Å². The third kappa shape index (κ3) is 1.57. The number of carbonyl (C=O) groups excluding carboxylic acids is 1. The van der Waals surface area contributed by atoms with E-state index >= 15 is 0 Å². The van der Waals surface area contributed by atoms with Crippen molar-refractivity contribution in [2.24, 2.45) is 11.3 Å². The summed E-state index contributed by atoms with van der Waals surface area (Å²) in [5, 5.41) is 0. The monoisotopic (exact) mass is 218 g/mol. The summed E-state index contributed by atoms with van der Waals surface area (Å²) in [4.78, 5) is 12.1. The lowest BCUT2D eigenvalue weighted by Gasteiger charge is -2.37. The van der Waals surface area contributed by atoms with Gasteiger partial charge < -0.3 is 0 Å². The third-order valence-electron chi connectivity index (χ3n) is 4.49. The summed E-state index contributed by atoms with van der Waals surface area (Å²) in [6.07, 6.45) is 6.51. The van der Waals surface area contributed by atoms with E-state index in [2.05, 4.69) is 33.8 Å². The zero-order valence-electron chi connectivity index (χ0n) is 10.9. The van der Waals surface area contributed by atoms with Gasteiger partial charge in [0.2, 0.25) is 0 Å². The molecule has 0 bridgehead atoms. The predicted molar refractivity (Wildman–Crippen MR) is 67.2 cm³/mol. The van der Waals surface area contributed by atoms with Crippen LogP contribution in [-0.4, -0.2) is 5.78 Å². The second-order valence-electron chi connectivity index (χ2n) is 5.81. The highest BCUT2D eigenvalue weighted by Crippen LogP contribution is 2.54. The molecule has 0 aromatic heterocycles. The summed E-state index contributed by atoms with van der Waals surface area (Å²) >= 11 is 0. The number of hydrogen-bond donors (Lipinski definition) is 0. The lowest BCUT2D eigenvalue weighted by molar-refractivity contribution is -0.114. The van der Waals surface area contributed by atoms with E-state index in [-0.39, 0.29) is 5.41 Å². The van der Waals surface area contributed by atoms with Gasteiger partial charge in [0, 0.05) is 17.4 Å². The van der Waals surface area contributed by atoms with Crippen molar-refractivity contribution in [3.05, 3.63) is 22.8 Å². The minimum atomic E-state index is 0.176. The van der Waals surface area contributed by atoms with Crippen LogP contribution in [0.3, 0.4) is 0 Å². The maximum atomic E-state index is 12.1. The molecule has 0 aromatic carbocycles. The maximum Gasteiger partial charge on any atom is 0.159 e. The molecule has 1 saturated carbocycles. The average molecular weight is 218 g/mol. The van der Waals surface area contributed by atoms with Gasteiger partial charge in [-0.15, -0.1) is 0 Å². The Balaban J connectivity index is 2.46. The minimum absolute atomic E-state index is 0.176. The first-order valence-electron chi connectivity index (χ1n) is 6.34. The van der Waals surface area contributed by atoms with Crippen LogP contribution in [0.4, 0.5) is 0 Å². The quantitative estimate of drug-likeness (QED) is 0.443. The zero-order chi connectivity index (χ0) is 11.9. The van der Waals surface area contributed by atoms with Gasteiger partial charge >= 0.3 is 0 Å².